The van der Waals surface area contributed by atoms with Crippen molar-refractivity contribution in [2.24, 2.45) is 0 Å². The van der Waals surface area contributed by atoms with Gasteiger partial charge in [0.1, 0.15) is 0 Å². The summed E-state index contributed by atoms with van der Waals surface area (Å²) in [7, 11) is 3.01. The lowest BCUT2D eigenvalue weighted by atomic mass is 10.1. The van der Waals surface area contributed by atoms with Gasteiger partial charge >= 0.3 is 12.6 Å². The molecule has 1 aliphatic rings. The van der Waals surface area contributed by atoms with Gasteiger partial charge in [-0.2, -0.15) is 8.78 Å². The zero-order chi connectivity index (χ0) is 17.5. The minimum Gasteiger partial charge on any atom is -0.493 e. The monoisotopic (exact) mass is 344 g/mol. The fourth-order valence-corrected chi connectivity index (χ4v) is 2.62. The summed E-state index contributed by atoms with van der Waals surface area (Å²) in [5, 5.41) is 2.81. The van der Waals surface area contributed by atoms with E-state index in [9.17, 15) is 13.6 Å². The molecule has 8 heteroatoms. The molecule has 1 aromatic carbocycles. The minimum atomic E-state index is -2.92. The third kappa shape index (κ3) is 4.95. The molecule has 0 aliphatic carbocycles. The maximum Gasteiger partial charge on any atom is 0.387 e. The van der Waals surface area contributed by atoms with Gasteiger partial charge in [-0.15, -0.1) is 0 Å². The number of nitrogens with one attached hydrogen (secondary N) is 1. The van der Waals surface area contributed by atoms with E-state index in [0.29, 0.717) is 13.1 Å². The molecular weight excluding hydrogens is 322 g/mol. The highest BCUT2D eigenvalue weighted by Crippen LogP contribution is 2.29. The maximum absolute atomic E-state index is 12.3. The van der Waals surface area contributed by atoms with Gasteiger partial charge in [0.05, 0.1) is 13.2 Å². The van der Waals surface area contributed by atoms with Gasteiger partial charge in [-0.1, -0.05) is 6.07 Å². The fraction of sp³-hybridized carbons (Fsp3) is 0.562. The number of carbonyl (C=O) groups is 1. The van der Waals surface area contributed by atoms with E-state index >= 15 is 0 Å². The van der Waals surface area contributed by atoms with Crippen molar-refractivity contribution in [1.82, 2.24) is 10.2 Å². The molecule has 24 heavy (non-hydrogen) atoms. The first-order chi connectivity index (χ1) is 11.5. The smallest absolute Gasteiger partial charge is 0.387 e. The molecule has 2 rings (SSSR count). The van der Waals surface area contributed by atoms with Crippen molar-refractivity contribution in [2.45, 2.75) is 32.1 Å². The lowest BCUT2D eigenvalue weighted by molar-refractivity contribution is -0.0512. The highest BCUT2D eigenvalue weighted by Gasteiger charge is 2.23. The van der Waals surface area contributed by atoms with Gasteiger partial charge in [-0.3, -0.25) is 0 Å². The van der Waals surface area contributed by atoms with Crippen molar-refractivity contribution in [3.8, 4) is 11.5 Å². The van der Waals surface area contributed by atoms with Crippen LogP contribution in [-0.4, -0.2) is 51.0 Å². The van der Waals surface area contributed by atoms with Crippen LogP contribution < -0.4 is 14.8 Å². The first kappa shape index (κ1) is 18.3. The molecule has 0 unspecified atom stereocenters. The van der Waals surface area contributed by atoms with Crippen LogP contribution in [0.15, 0.2) is 18.2 Å². The van der Waals surface area contributed by atoms with Crippen molar-refractivity contribution >= 4 is 6.03 Å². The Balaban J connectivity index is 1.92. The third-order valence-corrected chi connectivity index (χ3v) is 3.89. The topological polar surface area (TPSA) is 60.0 Å². The number of hydrogen-bond acceptors (Lipinski definition) is 4. The van der Waals surface area contributed by atoms with E-state index in [0.717, 1.165) is 18.4 Å². The average Bonchev–Trinajstić information content (AvgIpc) is 2.60. The summed E-state index contributed by atoms with van der Waals surface area (Å²) in [5.41, 5.74) is 0.724. The molecule has 0 aromatic heterocycles. The highest BCUT2D eigenvalue weighted by molar-refractivity contribution is 5.74. The van der Waals surface area contributed by atoms with Crippen molar-refractivity contribution in [3.63, 3.8) is 0 Å². The van der Waals surface area contributed by atoms with Crippen molar-refractivity contribution in [2.75, 3.05) is 27.3 Å². The lowest BCUT2D eigenvalue weighted by Gasteiger charge is -2.31. The predicted octanol–water partition coefficient (Wildman–Crippen LogP) is 2.62. The van der Waals surface area contributed by atoms with Crippen molar-refractivity contribution in [1.29, 1.82) is 0 Å². The number of urea groups is 1. The normalized spacial score (nSPS) is 17.7. The van der Waals surface area contributed by atoms with Crippen LogP contribution in [0.25, 0.3) is 0 Å². The Bertz CT molecular complexity index is 557. The quantitative estimate of drug-likeness (QED) is 0.862. The molecule has 1 aliphatic heterocycles. The largest absolute Gasteiger partial charge is 0.493 e. The van der Waals surface area contributed by atoms with Crippen LogP contribution in [0.2, 0.25) is 0 Å². The van der Waals surface area contributed by atoms with E-state index < -0.39 is 6.61 Å². The zero-order valence-electron chi connectivity index (χ0n) is 13.8. The third-order valence-electron chi connectivity index (χ3n) is 3.89. The number of hydrogen-bond donors (Lipinski definition) is 1. The van der Waals surface area contributed by atoms with Gasteiger partial charge in [0.2, 0.25) is 0 Å². The summed E-state index contributed by atoms with van der Waals surface area (Å²) in [6.07, 6.45) is 1.91. The molecule has 1 aromatic rings. The second-order valence-corrected chi connectivity index (χ2v) is 5.47. The minimum absolute atomic E-state index is 0.0402. The maximum atomic E-state index is 12.3. The van der Waals surface area contributed by atoms with Crippen LogP contribution >= 0.6 is 0 Å². The average molecular weight is 344 g/mol. The van der Waals surface area contributed by atoms with Crippen LogP contribution in [0.3, 0.4) is 0 Å². The molecule has 0 bridgehead atoms. The number of piperidine rings is 1. The first-order valence-corrected chi connectivity index (χ1v) is 7.70. The molecular formula is C16H22F2N2O4. The molecule has 1 fully saturated rings. The molecule has 2 amide bonds. The lowest BCUT2D eigenvalue weighted by Crippen LogP contribution is -2.47. The summed E-state index contributed by atoms with van der Waals surface area (Å²) in [5.74, 6) is 0.154. The van der Waals surface area contributed by atoms with Crippen LogP contribution in [0.4, 0.5) is 13.6 Å². The number of likely N-dealkylation sites (tertiary alicyclic amines) is 1. The van der Waals surface area contributed by atoms with Crippen LogP contribution in [0.5, 0.6) is 11.5 Å². The van der Waals surface area contributed by atoms with Crippen LogP contribution in [-0.2, 0) is 11.3 Å². The Morgan fingerprint density at radius 3 is 2.83 bits per heavy atom. The molecule has 1 saturated heterocycles. The van der Waals surface area contributed by atoms with Gasteiger partial charge in [0.15, 0.2) is 11.5 Å². The summed E-state index contributed by atoms with van der Waals surface area (Å²) in [6.45, 7) is -1.40. The number of benzene rings is 1. The first-order valence-electron chi connectivity index (χ1n) is 7.70. The Morgan fingerprint density at radius 2 is 2.17 bits per heavy atom. The molecule has 6 nitrogen and oxygen atoms in total. The zero-order valence-corrected chi connectivity index (χ0v) is 13.8. The Labute approximate surface area is 139 Å². The van der Waals surface area contributed by atoms with E-state index in [2.05, 4.69) is 10.1 Å². The number of amides is 2. The van der Waals surface area contributed by atoms with Crippen LogP contribution in [0, 0.1) is 0 Å². The number of methoxy groups -OCH3 is 2. The van der Waals surface area contributed by atoms with E-state index in [1.165, 1.54) is 13.2 Å². The van der Waals surface area contributed by atoms with Gasteiger partial charge in [-0.25, -0.2) is 4.79 Å². The molecule has 0 spiro atoms. The van der Waals surface area contributed by atoms with E-state index in [4.69, 9.17) is 9.47 Å². The Morgan fingerprint density at radius 1 is 1.38 bits per heavy atom. The number of rotatable bonds is 6. The Hall–Kier alpha value is -2.09. The van der Waals surface area contributed by atoms with Gasteiger partial charge < -0.3 is 24.4 Å². The SMILES string of the molecule is COc1cc(CNC(=O)N2CCC[C@H](OC)C2)ccc1OC(F)F. The number of nitrogens with zero attached hydrogens (tertiary/aromatic N) is 1. The summed E-state index contributed by atoms with van der Waals surface area (Å²) < 4.78 is 39.3. The second-order valence-electron chi connectivity index (χ2n) is 5.47. The number of ether oxygens (including phenoxy) is 3. The molecule has 1 heterocycles. The van der Waals surface area contributed by atoms with Crippen molar-refractivity contribution in [3.05, 3.63) is 23.8 Å². The summed E-state index contributed by atoms with van der Waals surface area (Å²) in [4.78, 5) is 13.9. The standard InChI is InChI=1S/C16H22F2N2O4/c1-22-12-4-3-7-20(10-12)16(21)19-9-11-5-6-13(24-15(17)18)14(8-11)23-2/h5-6,8,12,15H,3-4,7,9-10H2,1-2H3,(H,19,21)/t12-/m0/s1. The highest BCUT2D eigenvalue weighted by atomic mass is 19.3. The predicted molar refractivity (Wildman–Crippen MR) is 83.5 cm³/mol. The molecule has 1 atom stereocenters. The van der Waals surface area contributed by atoms with E-state index in [1.807, 2.05) is 0 Å². The second kappa shape index (κ2) is 8.68. The summed E-state index contributed by atoms with van der Waals surface area (Å²) in [6, 6.07) is 4.39. The molecule has 0 saturated carbocycles. The fourth-order valence-electron chi connectivity index (χ4n) is 2.62. The van der Waals surface area contributed by atoms with Crippen LogP contribution in [0.1, 0.15) is 18.4 Å². The van der Waals surface area contributed by atoms with Gasteiger partial charge in [-0.05, 0) is 30.5 Å². The van der Waals surface area contributed by atoms with Crippen molar-refractivity contribution < 1.29 is 27.8 Å². The molecule has 134 valence electrons. The summed E-state index contributed by atoms with van der Waals surface area (Å²) >= 11 is 0. The Kier molecular flexibility index (Phi) is 6.60. The number of carbonyl (C=O) groups excluding carboxylic acids is 1. The van der Waals surface area contributed by atoms with Gasteiger partial charge in [0.25, 0.3) is 0 Å². The molecule has 0 radical (unpaired) electrons. The van der Waals surface area contributed by atoms with E-state index in [-0.39, 0.29) is 30.2 Å². The van der Waals surface area contributed by atoms with Gasteiger partial charge in [0, 0.05) is 26.7 Å². The number of alkyl halides is 2. The van der Waals surface area contributed by atoms with E-state index in [1.54, 1.807) is 24.1 Å². The molecule has 1 N–H and O–H groups in total. The number of halogens is 2.